The average molecular weight is 458 g/mol. The third kappa shape index (κ3) is 3.17. The molecule has 3 fully saturated rings. The maximum atomic E-state index is 13.0. The lowest BCUT2D eigenvalue weighted by Gasteiger charge is -2.47. The van der Waals surface area contributed by atoms with Gasteiger partial charge >= 0.3 is 0 Å². The average Bonchev–Trinajstić information content (AvgIpc) is 3.44. The van der Waals surface area contributed by atoms with Crippen LogP contribution in [0.5, 0.6) is 0 Å². The van der Waals surface area contributed by atoms with Crippen molar-refractivity contribution >= 4 is 23.4 Å². The number of rotatable bonds is 3. The van der Waals surface area contributed by atoms with Gasteiger partial charge in [0.15, 0.2) is 0 Å². The van der Waals surface area contributed by atoms with Crippen LogP contribution in [0.15, 0.2) is 24.7 Å². The van der Waals surface area contributed by atoms with E-state index in [1.54, 1.807) is 18.6 Å². The summed E-state index contributed by atoms with van der Waals surface area (Å²) in [4.78, 5) is 33.8. The van der Waals surface area contributed by atoms with E-state index in [9.17, 15) is 10.1 Å². The smallest absolute Gasteiger partial charge is 0.226 e. The zero-order valence-electron chi connectivity index (χ0n) is 20.1. The van der Waals surface area contributed by atoms with Crippen molar-refractivity contribution in [2.75, 3.05) is 29.4 Å². The summed E-state index contributed by atoms with van der Waals surface area (Å²) in [6, 6.07) is 6.13. The van der Waals surface area contributed by atoms with Gasteiger partial charge in [-0.3, -0.25) is 4.79 Å². The summed E-state index contributed by atoms with van der Waals surface area (Å²) < 4.78 is 0. The molecule has 4 heterocycles. The lowest BCUT2D eigenvalue weighted by atomic mass is 9.66. The zero-order chi connectivity index (χ0) is 23.6. The number of pyridine rings is 1. The number of fused-ring (bicyclic) bond motifs is 2. The third-order valence-electron chi connectivity index (χ3n) is 8.48. The van der Waals surface area contributed by atoms with Crippen molar-refractivity contribution in [2.45, 2.75) is 64.0 Å². The van der Waals surface area contributed by atoms with Crippen molar-refractivity contribution in [3.63, 3.8) is 0 Å². The van der Waals surface area contributed by atoms with E-state index >= 15 is 0 Å². The second-order valence-electron chi connectivity index (χ2n) is 10.8. The summed E-state index contributed by atoms with van der Waals surface area (Å²) in [5.74, 6) is 3.75. The van der Waals surface area contributed by atoms with Gasteiger partial charge in [0.25, 0.3) is 0 Å². The molecule has 2 unspecified atom stereocenters. The summed E-state index contributed by atoms with van der Waals surface area (Å²) in [5.41, 5.74) is 1.85. The number of hydrogen-bond acceptors (Lipinski definition) is 7. The Bertz CT molecular complexity index is 1190. The maximum Gasteiger partial charge on any atom is 0.226 e. The van der Waals surface area contributed by atoms with Gasteiger partial charge in [-0.1, -0.05) is 13.3 Å². The monoisotopic (exact) mass is 457 g/mol. The number of piperazine rings is 1. The van der Waals surface area contributed by atoms with Crippen molar-refractivity contribution in [3.8, 4) is 6.07 Å². The van der Waals surface area contributed by atoms with E-state index in [2.05, 4.69) is 46.5 Å². The highest BCUT2D eigenvalue weighted by molar-refractivity contribution is 5.82. The summed E-state index contributed by atoms with van der Waals surface area (Å²) in [6.45, 7) is 8.85. The molecule has 1 saturated heterocycles. The van der Waals surface area contributed by atoms with Crippen molar-refractivity contribution in [3.05, 3.63) is 35.8 Å². The van der Waals surface area contributed by atoms with E-state index in [0.717, 1.165) is 56.4 Å². The van der Waals surface area contributed by atoms with E-state index in [-0.39, 0.29) is 23.4 Å². The minimum atomic E-state index is 0.0234. The highest BCUT2D eigenvalue weighted by atomic mass is 16.2. The molecular weight excluding hydrogens is 426 g/mol. The van der Waals surface area contributed by atoms with Crippen LogP contribution >= 0.6 is 0 Å². The maximum absolute atomic E-state index is 13.0. The standard InChI is InChI=1S/C26H31N7O/c1-16-9-20(16)25(34)32-13-17(2)31(12-18(32)3)23-22-24(30-15-29-23)33(14-26(22)6-4-7-26)21-10-19(11-27)5-8-28-21/h5,8,10,15-18,20H,4,6-7,9,12-14H2,1-3H3/t16?,17-,18+,20?/m0/s1. The fourth-order valence-corrected chi connectivity index (χ4v) is 6.17. The minimum absolute atomic E-state index is 0.0234. The van der Waals surface area contributed by atoms with Crippen molar-refractivity contribution < 1.29 is 4.79 Å². The number of nitrogens with zero attached hydrogens (tertiary/aromatic N) is 7. The molecule has 0 N–H and O–H groups in total. The molecule has 1 spiro atoms. The number of amides is 1. The minimum Gasteiger partial charge on any atom is -0.350 e. The summed E-state index contributed by atoms with van der Waals surface area (Å²) >= 11 is 0. The number of carbonyl (C=O) groups is 1. The first-order valence-corrected chi connectivity index (χ1v) is 12.5. The van der Waals surface area contributed by atoms with Crippen molar-refractivity contribution in [1.29, 1.82) is 5.26 Å². The largest absolute Gasteiger partial charge is 0.350 e. The van der Waals surface area contributed by atoms with Crippen LogP contribution in [0.3, 0.4) is 0 Å². The Morgan fingerprint density at radius 3 is 2.56 bits per heavy atom. The van der Waals surface area contributed by atoms with E-state index < -0.39 is 0 Å². The Hall–Kier alpha value is -3.21. The quantitative estimate of drug-likeness (QED) is 0.698. The normalized spacial score (nSPS) is 28.9. The van der Waals surface area contributed by atoms with Crippen LogP contribution in [0.2, 0.25) is 0 Å². The number of hydrogen-bond donors (Lipinski definition) is 0. The molecule has 2 saturated carbocycles. The highest BCUT2D eigenvalue weighted by Crippen LogP contribution is 2.56. The molecule has 4 aliphatic rings. The molecule has 0 bridgehead atoms. The molecule has 2 aliphatic carbocycles. The molecule has 34 heavy (non-hydrogen) atoms. The second kappa shape index (κ2) is 7.66. The molecule has 0 radical (unpaired) electrons. The Kier molecular flexibility index (Phi) is 4.80. The molecule has 2 aromatic heterocycles. The number of aromatic nitrogens is 3. The Labute approximate surface area is 200 Å². The second-order valence-corrected chi connectivity index (χ2v) is 10.8. The van der Waals surface area contributed by atoms with E-state index in [1.165, 1.54) is 12.0 Å². The first-order valence-electron chi connectivity index (χ1n) is 12.5. The number of anilines is 3. The predicted octanol–water partition coefficient (Wildman–Crippen LogP) is 3.40. The molecular formula is C26H31N7O. The lowest BCUT2D eigenvalue weighted by Crippen LogP contribution is -2.59. The molecule has 4 atom stereocenters. The summed E-state index contributed by atoms with van der Waals surface area (Å²) in [5, 5.41) is 9.38. The molecule has 1 amide bonds. The van der Waals surface area contributed by atoms with Crippen molar-refractivity contribution in [2.24, 2.45) is 11.8 Å². The van der Waals surface area contributed by atoms with Gasteiger partial charge in [-0.25, -0.2) is 15.0 Å². The predicted molar refractivity (Wildman–Crippen MR) is 129 cm³/mol. The van der Waals surface area contributed by atoms with Crippen LogP contribution in [0.4, 0.5) is 17.5 Å². The fraction of sp³-hybridized carbons (Fsp3) is 0.577. The van der Waals surface area contributed by atoms with Gasteiger partial charge in [-0.2, -0.15) is 5.26 Å². The van der Waals surface area contributed by atoms with Gasteiger partial charge in [0.05, 0.1) is 11.6 Å². The van der Waals surface area contributed by atoms with Crippen LogP contribution in [0, 0.1) is 23.2 Å². The fourth-order valence-electron chi connectivity index (χ4n) is 6.17. The molecule has 0 aromatic carbocycles. The SMILES string of the molecule is CC1CC1C(=O)N1C[C@H](C)N(c2ncnc3c2C2(CCC2)CN3c2cc(C#N)ccn2)C[C@H]1C. The molecule has 8 nitrogen and oxygen atoms in total. The van der Waals surface area contributed by atoms with Crippen LogP contribution in [-0.2, 0) is 10.2 Å². The molecule has 2 aromatic rings. The molecule has 8 heteroatoms. The van der Waals surface area contributed by atoms with Gasteiger partial charge < -0.3 is 14.7 Å². The highest BCUT2D eigenvalue weighted by Gasteiger charge is 2.52. The van der Waals surface area contributed by atoms with Gasteiger partial charge in [0.1, 0.15) is 23.8 Å². The Morgan fingerprint density at radius 2 is 1.88 bits per heavy atom. The molecule has 176 valence electrons. The van der Waals surface area contributed by atoms with Crippen LogP contribution in [-0.4, -0.2) is 57.5 Å². The number of carbonyl (C=O) groups excluding carboxylic acids is 1. The van der Waals surface area contributed by atoms with E-state index in [1.807, 2.05) is 6.07 Å². The topological polar surface area (TPSA) is 89.3 Å². The van der Waals surface area contributed by atoms with Crippen LogP contribution in [0.1, 0.15) is 57.6 Å². The molecule has 6 rings (SSSR count). The summed E-state index contributed by atoms with van der Waals surface area (Å²) in [6.07, 6.45) is 7.80. The number of nitriles is 1. The Balaban J connectivity index is 1.35. The van der Waals surface area contributed by atoms with Crippen molar-refractivity contribution in [1.82, 2.24) is 19.9 Å². The van der Waals surface area contributed by atoms with Crippen LogP contribution in [0.25, 0.3) is 0 Å². The summed E-state index contributed by atoms with van der Waals surface area (Å²) in [7, 11) is 0. The zero-order valence-corrected chi connectivity index (χ0v) is 20.1. The van der Waals surface area contributed by atoms with Gasteiger partial charge in [-0.15, -0.1) is 0 Å². The lowest BCUT2D eigenvalue weighted by molar-refractivity contribution is -0.135. The van der Waals surface area contributed by atoms with E-state index in [4.69, 9.17) is 9.97 Å². The molecule has 2 aliphatic heterocycles. The van der Waals surface area contributed by atoms with Gasteiger partial charge in [0.2, 0.25) is 5.91 Å². The first kappa shape index (κ1) is 21.3. The van der Waals surface area contributed by atoms with Crippen LogP contribution < -0.4 is 9.80 Å². The Morgan fingerprint density at radius 1 is 1.12 bits per heavy atom. The van der Waals surface area contributed by atoms with E-state index in [0.29, 0.717) is 17.4 Å². The van der Waals surface area contributed by atoms with Gasteiger partial charge in [-0.05, 0) is 51.2 Å². The first-order chi connectivity index (χ1) is 16.4. The third-order valence-corrected chi connectivity index (χ3v) is 8.48. The van der Waals surface area contributed by atoms with Gasteiger partial charge in [0, 0.05) is 54.8 Å².